The molecule has 2 N–H and O–H groups in total. The Morgan fingerprint density at radius 3 is 2.56 bits per heavy atom. The zero-order valence-corrected chi connectivity index (χ0v) is 10.6. The van der Waals surface area contributed by atoms with E-state index in [0.29, 0.717) is 12.1 Å². The van der Waals surface area contributed by atoms with Crippen LogP contribution in [0.1, 0.15) is 64.7 Å². The molecule has 94 valence electrons. The lowest BCUT2D eigenvalue weighted by atomic mass is 10.0. The highest BCUT2D eigenvalue weighted by molar-refractivity contribution is 4.85. The largest absolute Gasteiger partial charge is 0.392 e. The molecule has 2 nitrogen and oxygen atoms in total. The van der Waals surface area contributed by atoms with Gasteiger partial charge in [-0.1, -0.05) is 39.0 Å². The van der Waals surface area contributed by atoms with Gasteiger partial charge in [0.05, 0.1) is 6.10 Å². The predicted octanol–water partition coefficient (Wildman–Crippen LogP) is 2.85. The van der Waals surface area contributed by atoms with Gasteiger partial charge in [-0.25, -0.2) is 0 Å². The van der Waals surface area contributed by atoms with Gasteiger partial charge in [0, 0.05) is 12.1 Å². The van der Waals surface area contributed by atoms with E-state index >= 15 is 0 Å². The minimum Gasteiger partial charge on any atom is -0.392 e. The second-order valence-electron chi connectivity index (χ2n) is 5.76. The van der Waals surface area contributed by atoms with Crippen LogP contribution in [0.3, 0.4) is 0 Å². The highest BCUT2D eigenvalue weighted by Crippen LogP contribution is 2.34. The summed E-state index contributed by atoms with van der Waals surface area (Å²) in [6.07, 6.45) is 11.3. The topological polar surface area (TPSA) is 32.3 Å². The second kappa shape index (κ2) is 6.02. The quantitative estimate of drug-likeness (QED) is 0.705. The van der Waals surface area contributed by atoms with Gasteiger partial charge in [0.1, 0.15) is 0 Å². The summed E-state index contributed by atoms with van der Waals surface area (Å²) in [6.45, 7) is 2.27. The Bertz CT molecular complexity index is 203. The first-order valence-corrected chi connectivity index (χ1v) is 7.23. The molecular weight excluding hydrogens is 198 g/mol. The van der Waals surface area contributed by atoms with Gasteiger partial charge in [-0.05, 0) is 31.6 Å². The number of rotatable bonds is 5. The maximum atomic E-state index is 10.1. The van der Waals surface area contributed by atoms with E-state index < -0.39 is 0 Å². The molecule has 16 heavy (non-hydrogen) atoms. The maximum absolute atomic E-state index is 10.1. The molecule has 2 heteroatoms. The lowest BCUT2D eigenvalue weighted by Gasteiger charge is -2.27. The molecule has 0 aliphatic heterocycles. The normalized spacial score (nSPS) is 33.4. The first-order chi connectivity index (χ1) is 7.79. The molecule has 2 aliphatic rings. The predicted molar refractivity (Wildman–Crippen MR) is 67.4 cm³/mol. The Hall–Kier alpha value is -0.0800. The Balaban J connectivity index is 1.79. The Morgan fingerprint density at radius 1 is 1.12 bits per heavy atom. The summed E-state index contributed by atoms with van der Waals surface area (Å²) in [5.74, 6) is 0.986. The highest BCUT2D eigenvalue weighted by Gasteiger charge is 2.28. The van der Waals surface area contributed by atoms with E-state index in [-0.39, 0.29) is 6.10 Å². The number of hydrogen-bond donors (Lipinski definition) is 2. The second-order valence-corrected chi connectivity index (χ2v) is 5.76. The molecule has 2 saturated carbocycles. The molecule has 0 heterocycles. The third kappa shape index (κ3) is 3.74. The van der Waals surface area contributed by atoms with Crippen LogP contribution >= 0.6 is 0 Å². The summed E-state index contributed by atoms with van der Waals surface area (Å²) in [5, 5.41) is 13.8. The molecule has 0 amide bonds. The first-order valence-electron chi connectivity index (χ1n) is 7.23. The Kier molecular flexibility index (Phi) is 4.66. The van der Waals surface area contributed by atoms with E-state index in [2.05, 4.69) is 12.2 Å². The minimum atomic E-state index is -0.101. The van der Waals surface area contributed by atoms with E-state index in [1.54, 1.807) is 0 Å². The lowest BCUT2D eigenvalue weighted by molar-refractivity contribution is 0.112. The molecule has 0 radical (unpaired) electrons. The maximum Gasteiger partial charge on any atom is 0.0693 e. The van der Waals surface area contributed by atoms with Crippen molar-refractivity contribution in [2.45, 2.75) is 82.9 Å². The van der Waals surface area contributed by atoms with Crippen LogP contribution in [-0.2, 0) is 0 Å². The molecule has 2 aliphatic carbocycles. The third-order valence-electron chi connectivity index (χ3n) is 4.24. The molecular formula is C14H27NO. The lowest BCUT2D eigenvalue weighted by Crippen LogP contribution is -2.45. The van der Waals surface area contributed by atoms with Gasteiger partial charge in [-0.2, -0.15) is 0 Å². The van der Waals surface area contributed by atoms with Crippen molar-refractivity contribution in [1.29, 1.82) is 0 Å². The van der Waals surface area contributed by atoms with Crippen molar-refractivity contribution in [1.82, 2.24) is 5.32 Å². The summed E-state index contributed by atoms with van der Waals surface area (Å²) in [5.41, 5.74) is 0. The fourth-order valence-electron chi connectivity index (χ4n) is 2.89. The molecule has 0 bridgehead atoms. The standard InChI is InChI=1S/C14H27NO/c1-2-12(10-11-8-9-11)15-13-6-4-3-5-7-14(13)16/h11-16H,2-10H2,1H3. The van der Waals surface area contributed by atoms with Crippen LogP contribution in [0.5, 0.6) is 0 Å². The van der Waals surface area contributed by atoms with Gasteiger partial charge >= 0.3 is 0 Å². The average molecular weight is 225 g/mol. The van der Waals surface area contributed by atoms with Crippen LogP contribution in [0.2, 0.25) is 0 Å². The van der Waals surface area contributed by atoms with Crippen LogP contribution in [0.4, 0.5) is 0 Å². The van der Waals surface area contributed by atoms with Crippen molar-refractivity contribution in [3.8, 4) is 0 Å². The molecule has 2 fully saturated rings. The highest BCUT2D eigenvalue weighted by atomic mass is 16.3. The molecule has 2 rings (SSSR count). The fraction of sp³-hybridized carbons (Fsp3) is 1.00. The van der Waals surface area contributed by atoms with E-state index in [4.69, 9.17) is 0 Å². The van der Waals surface area contributed by atoms with Crippen LogP contribution in [0, 0.1) is 5.92 Å². The molecule has 0 spiro atoms. The van der Waals surface area contributed by atoms with Gasteiger partial charge in [-0.15, -0.1) is 0 Å². The number of nitrogens with one attached hydrogen (secondary N) is 1. The van der Waals surface area contributed by atoms with Crippen LogP contribution < -0.4 is 5.32 Å². The number of aliphatic hydroxyl groups excluding tert-OH is 1. The first kappa shape index (κ1) is 12.4. The number of hydrogen-bond acceptors (Lipinski definition) is 2. The van der Waals surface area contributed by atoms with Crippen molar-refractivity contribution >= 4 is 0 Å². The fourth-order valence-corrected chi connectivity index (χ4v) is 2.89. The third-order valence-corrected chi connectivity index (χ3v) is 4.24. The van der Waals surface area contributed by atoms with Crippen molar-refractivity contribution in [3.63, 3.8) is 0 Å². The molecule has 0 saturated heterocycles. The monoisotopic (exact) mass is 225 g/mol. The van der Waals surface area contributed by atoms with E-state index in [1.807, 2.05) is 0 Å². The van der Waals surface area contributed by atoms with Crippen molar-refractivity contribution in [2.24, 2.45) is 5.92 Å². The summed E-state index contributed by atoms with van der Waals surface area (Å²) in [4.78, 5) is 0. The molecule has 0 aromatic heterocycles. The summed E-state index contributed by atoms with van der Waals surface area (Å²) in [6, 6.07) is 1.01. The van der Waals surface area contributed by atoms with Gasteiger partial charge in [-0.3, -0.25) is 0 Å². The van der Waals surface area contributed by atoms with Gasteiger partial charge in [0.25, 0.3) is 0 Å². The van der Waals surface area contributed by atoms with E-state index in [1.165, 1.54) is 51.4 Å². The summed E-state index contributed by atoms with van der Waals surface area (Å²) in [7, 11) is 0. The number of aliphatic hydroxyl groups is 1. The van der Waals surface area contributed by atoms with Crippen LogP contribution in [-0.4, -0.2) is 23.3 Å². The molecule has 0 aromatic rings. The van der Waals surface area contributed by atoms with Gasteiger partial charge < -0.3 is 10.4 Å². The Labute approximate surface area is 99.8 Å². The smallest absolute Gasteiger partial charge is 0.0693 e. The molecule has 0 aromatic carbocycles. The molecule has 3 unspecified atom stereocenters. The zero-order chi connectivity index (χ0) is 11.4. The minimum absolute atomic E-state index is 0.101. The summed E-state index contributed by atoms with van der Waals surface area (Å²) >= 11 is 0. The Morgan fingerprint density at radius 2 is 1.88 bits per heavy atom. The zero-order valence-electron chi connectivity index (χ0n) is 10.6. The molecule has 3 atom stereocenters. The SMILES string of the molecule is CCC(CC1CC1)NC1CCCCCC1O. The van der Waals surface area contributed by atoms with Crippen LogP contribution in [0.15, 0.2) is 0 Å². The summed E-state index contributed by atoms with van der Waals surface area (Å²) < 4.78 is 0. The average Bonchev–Trinajstić information content (AvgIpc) is 3.09. The van der Waals surface area contributed by atoms with Crippen molar-refractivity contribution in [3.05, 3.63) is 0 Å². The van der Waals surface area contributed by atoms with Crippen molar-refractivity contribution < 1.29 is 5.11 Å². The van der Waals surface area contributed by atoms with Gasteiger partial charge in [0.2, 0.25) is 0 Å². The van der Waals surface area contributed by atoms with E-state index in [0.717, 1.165) is 12.3 Å². The van der Waals surface area contributed by atoms with Crippen LogP contribution in [0.25, 0.3) is 0 Å². The van der Waals surface area contributed by atoms with Gasteiger partial charge in [0.15, 0.2) is 0 Å². The van der Waals surface area contributed by atoms with E-state index in [9.17, 15) is 5.11 Å². The van der Waals surface area contributed by atoms with Crippen molar-refractivity contribution in [2.75, 3.05) is 0 Å².